The summed E-state index contributed by atoms with van der Waals surface area (Å²) in [5.41, 5.74) is 3.97. The Hall–Kier alpha value is -1.41. The van der Waals surface area contributed by atoms with Gasteiger partial charge >= 0.3 is 0 Å². The lowest BCUT2D eigenvalue weighted by atomic mass is 9.95. The van der Waals surface area contributed by atoms with Gasteiger partial charge in [-0.05, 0) is 42.7 Å². The number of benzene rings is 2. The number of carbonyl (C=O) groups is 1. The van der Waals surface area contributed by atoms with Gasteiger partial charge in [0.2, 0.25) is 0 Å². The molecule has 0 radical (unpaired) electrons. The Morgan fingerprint density at radius 2 is 1.61 bits per heavy atom. The number of carbonyl (C=O) groups excluding carboxylic acids is 1. The standard InChI is InChI=1S/C16H15BrO/c1-11-8-14(17)9-12(2)16(11)15(18)10-13-6-4-3-5-7-13/h3-9H,10H2,1-2H3. The van der Waals surface area contributed by atoms with Crippen molar-refractivity contribution in [1.82, 2.24) is 0 Å². The van der Waals surface area contributed by atoms with E-state index in [1.165, 1.54) is 0 Å². The highest BCUT2D eigenvalue weighted by atomic mass is 79.9. The smallest absolute Gasteiger partial charge is 0.167 e. The van der Waals surface area contributed by atoms with Crippen molar-refractivity contribution in [3.05, 3.63) is 69.2 Å². The molecule has 0 N–H and O–H groups in total. The van der Waals surface area contributed by atoms with Crippen molar-refractivity contribution in [2.45, 2.75) is 20.3 Å². The highest BCUT2D eigenvalue weighted by molar-refractivity contribution is 9.10. The molecule has 0 saturated heterocycles. The SMILES string of the molecule is Cc1cc(Br)cc(C)c1C(=O)Cc1ccccc1. The number of Topliss-reactive ketones (excluding diaryl/α,β-unsaturated/α-hetero) is 1. The van der Waals surface area contributed by atoms with Gasteiger partial charge in [0.15, 0.2) is 5.78 Å². The molecule has 2 aromatic rings. The Morgan fingerprint density at radius 1 is 1.06 bits per heavy atom. The fourth-order valence-corrected chi connectivity index (χ4v) is 2.91. The first-order valence-electron chi connectivity index (χ1n) is 5.92. The van der Waals surface area contributed by atoms with E-state index in [0.29, 0.717) is 6.42 Å². The van der Waals surface area contributed by atoms with Crippen LogP contribution in [0.3, 0.4) is 0 Å². The van der Waals surface area contributed by atoms with Crippen molar-refractivity contribution in [2.75, 3.05) is 0 Å². The van der Waals surface area contributed by atoms with Gasteiger partial charge in [-0.1, -0.05) is 46.3 Å². The van der Waals surface area contributed by atoms with Gasteiger partial charge < -0.3 is 0 Å². The molecule has 0 aromatic heterocycles. The lowest BCUT2D eigenvalue weighted by molar-refractivity contribution is 0.0992. The number of aryl methyl sites for hydroxylation is 2. The summed E-state index contributed by atoms with van der Waals surface area (Å²) in [6, 6.07) is 13.8. The van der Waals surface area contributed by atoms with E-state index in [4.69, 9.17) is 0 Å². The predicted molar refractivity (Wildman–Crippen MR) is 78.1 cm³/mol. The molecule has 0 aliphatic carbocycles. The molecule has 92 valence electrons. The second kappa shape index (κ2) is 5.49. The van der Waals surface area contributed by atoms with Crippen molar-refractivity contribution >= 4 is 21.7 Å². The summed E-state index contributed by atoms with van der Waals surface area (Å²) in [6.07, 6.45) is 0.462. The second-order valence-corrected chi connectivity index (χ2v) is 5.42. The maximum atomic E-state index is 12.4. The van der Waals surface area contributed by atoms with Crippen molar-refractivity contribution in [1.29, 1.82) is 0 Å². The predicted octanol–water partition coefficient (Wildman–Crippen LogP) is 4.49. The Bertz CT molecular complexity index is 550. The van der Waals surface area contributed by atoms with E-state index in [-0.39, 0.29) is 5.78 Å². The molecule has 1 nitrogen and oxygen atoms in total. The quantitative estimate of drug-likeness (QED) is 0.763. The molecule has 0 amide bonds. The zero-order valence-corrected chi connectivity index (χ0v) is 12.1. The topological polar surface area (TPSA) is 17.1 Å². The molecule has 0 aliphatic rings. The van der Waals surface area contributed by atoms with Crippen LogP contribution in [0.25, 0.3) is 0 Å². The summed E-state index contributed by atoms with van der Waals surface area (Å²) in [7, 11) is 0. The van der Waals surface area contributed by atoms with Crippen molar-refractivity contribution in [3.63, 3.8) is 0 Å². The van der Waals surface area contributed by atoms with Crippen molar-refractivity contribution in [3.8, 4) is 0 Å². The molecule has 0 unspecified atom stereocenters. The average Bonchev–Trinajstić information content (AvgIpc) is 2.28. The van der Waals surface area contributed by atoms with Gasteiger partial charge in [0, 0.05) is 16.5 Å². The Morgan fingerprint density at radius 3 is 2.17 bits per heavy atom. The molecule has 2 rings (SSSR count). The van der Waals surface area contributed by atoms with Crippen LogP contribution in [0.15, 0.2) is 46.9 Å². The molecule has 0 aliphatic heterocycles. The van der Waals surface area contributed by atoms with Crippen LogP contribution in [0.1, 0.15) is 27.0 Å². The molecule has 0 saturated carbocycles. The van der Waals surface area contributed by atoms with Crippen LogP contribution in [0, 0.1) is 13.8 Å². The van der Waals surface area contributed by atoms with E-state index in [9.17, 15) is 4.79 Å². The fraction of sp³-hybridized carbons (Fsp3) is 0.188. The largest absolute Gasteiger partial charge is 0.294 e. The van der Waals surface area contributed by atoms with E-state index in [1.54, 1.807) is 0 Å². The number of hydrogen-bond donors (Lipinski definition) is 0. The van der Waals surface area contributed by atoms with Crippen LogP contribution in [-0.4, -0.2) is 5.78 Å². The second-order valence-electron chi connectivity index (χ2n) is 4.50. The highest BCUT2D eigenvalue weighted by Gasteiger charge is 2.13. The van der Waals surface area contributed by atoms with E-state index < -0.39 is 0 Å². The minimum atomic E-state index is 0.184. The zero-order chi connectivity index (χ0) is 13.1. The first-order valence-corrected chi connectivity index (χ1v) is 6.71. The summed E-state index contributed by atoms with van der Waals surface area (Å²) in [6.45, 7) is 3.96. The molecular weight excluding hydrogens is 288 g/mol. The van der Waals surface area contributed by atoms with Crippen molar-refractivity contribution < 1.29 is 4.79 Å². The van der Waals surface area contributed by atoms with Crippen LogP contribution in [0.2, 0.25) is 0 Å². The van der Waals surface area contributed by atoms with E-state index in [1.807, 2.05) is 56.3 Å². The Balaban J connectivity index is 2.30. The fourth-order valence-electron chi connectivity index (χ4n) is 2.22. The van der Waals surface area contributed by atoms with E-state index in [2.05, 4.69) is 15.9 Å². The molecule has 2 heteroatoms. The van der Waals surface area contributed by atoms with Gasteiger partial charge in [-0.15, -0.1) is 0 Å². The zero-order valence-electron chi connectivity index (χ0n) is 10.5. The number of rotatable bonds is 3. The summed E-state index contributed by atoms with van der Waals surface area (Å²) in [5.74, 6) is 0.184. The number of ketones is 1. The van der Waals surface area contributed by atoms with Crippen LogP contribution < -0.4 is 0 Å². The number of halogens is 1. The molecule has 18 heavy (non-hydrogen) atoms. The first kappa shape index (κ1) is 13.0. The van der Waals surface area contributed by atoms with Crippen LogP contribution >= 0.6 is 15.9 Å². The third-order valence-electron chi connectivity index (χ3n) is 2.98. The van der Waals surface area contributed by atoms with Gasteiger partial charge in [0.25, 0.3) is 0 Å². The third-order valence-corrected chi connectivity index (χ3v) is 3.44. The Kier molecular flexibility index (Phi) is 3.97. The maximum absolute atomic E-state index is 12.4. The maximum Gasteiger partial charge on any atom is 0.167 e. The molecule has 0 atom stereocenters. The minimum absolute atomic E-state index is 0.184. The lowest BCUT2D eigenvalue weighted by Gasteiger charge is -2.09. The molecular formula is C16H15BrO. The highest BCUT2D eigenvalue weighted by Crippen LogP contribution is 2.22. The van der Waals surface area contributed by atoms with Gasteiger partial charge in [0.1, 0.15) is 0 Å². The summed E-state index contributed by atoms with van der Waals surface area (Å²) < 4.78 is 1.02. The van der Waals surface area contributed by atoms with Gasteiger partial charge in [0.05, 0.1) is 0 Å². The summed E-state index contributed by atoms with van der Waals surface area (Å²) >= 11 is 3.45. The van der Waals surface area contributed by atoms with Gasteiger partial charge in [-0.25, -0.2) is 0 Å². The van der Waals surface area contributed by atoms with Gasteiger partial charge in [-0.2, -0.15) is 0 Å². The molecule has 0 spiro atoms. The van der Waals surface area contributed by atoms with Crippen LogP contribution in [-0.2, 0) is 6.42 Å². The van der Waals surface area contributed by atoms with Crippen molar-refractivity contribution in [2.24, 2.45) is 0 Å². The molecule has 0 bridgehead atoms. The molecule has 0 fully saturated rings. The normalized spacial score (nSPS) is 10.4. The first-order chi connectivity index (χ1) is 8.58. The number of hydrogen-bond acceptors (Lipinski definition) is 1. The summed E-state index contributed by atoms with van der Waals surface area (Å²) in [5, 5.41) is 0. The lowest BCUT2D eigenvalue weighted by Crippen LogP contribution is -2.08. The van der Waals surface area contributed by atoms with Crippen LogP contribution in [0.4, 0.5) is 0 Å². The average molecular weight is 303 g/mol. The van der Waals surface area contributed by atoms with E-state index >= 15 is 0 Å². The molecule has 0 heterocycles. The third kappa shape index (κ3) is 2.88. The van der Waals surface area contributed by atoms with Crippen LogP contribution in [0.5, 0.6) is 0 Å². The van der Waals surface area contributed by atoms with E-state index in [0.717, 1.165) is 26.7 Å². The Labute approximate surface area is 116 Å². The minimum Gasteiger partial charge on any atom is -0.294 e. The monoisotopic (exact) mass is 302 g/mol. The summed E-state index contributed by atoms with van der Waals surface area (Å²) in [4.78, 5) is 12.4. The molecule has 2 aromatic carbocycles. The van der Waals surface area contributed by atoms with Gasteiger partial charge in [-0.3, -0.25) is 4.79 Å².